The Hall–Kier alpha value is -1.70. The Balaban J connectivity index is 2.69. The van der Waals surface area contributed by atoms with Crippen LogP contribution in [0.25, 0.3) is 10.8 Å². The Kier molecular flexibility index (Phi) is 2.27. The van der Waals surface area contributed by atoms with E-state index in [0.717, 1.165) is 10.8 Å². The lowest BCUT2D eigenvalue weighted by molar-refractivity contribution is 0.565. The van der Waals surface area contributed by atoms with E-state index < -0.39 is 0 Å². The number of rotatable bonds is 1. The molecule has 0 radical (unpaired) electrons. The molecule has 68 valence electrons. The van der Waals surface area contributed by atoms with Gasteiger partial charge in [0.25, 0.3) is 0 Å². The number of aliphatic imine (C=N–C) groups is 1. The molecule has 0 unspecified atom stereocenters. The van der Waals surface area contributed by atoms with Gasteiger partial charge < -0.3 is 0 Å². The predicted molar refractivity (Wildman–Crippen MR) is 54.5 cm³/mol. The molecule has 0 aliphatic heterocycles. The van der Waals surface area contributed by atoms with Crippen LogP contribution in [0.1, 0.15) is 0 Å². The van der Waals surface area contributed by atoms with Gasteiger partial charge >= 0.3 is 0 Å². The average Bonchev–Trinajstić information content (AvgIpc) is 2.17. The number of isocyanates is 1. The number of aromatic nitrogens is 1. The smallest absolute Gasteiger partial charge is 0.240 e. The van der Waals surface area contributed by atoms with Crippen molar-refractivity contribution in [1.29, 1.82) is 0 Å². The summed E-state index contributed by atoms with van der Waals surface area (Å²) in [5.74, 6) is 0. The molecule has 0 aliphatic rings. The highest BCUT2D eigenvalue weighted by atomic mass is 35.5. The van der Waals surface area contributed by atoms with E-state index in [-0.39, 0.29) is 0 Å². The maximum atomic E-state index is 10.0. The second-order valence-corrected chi connectivity index (χ2v) is 3.13. The van der Waals surface area contributed by atoms with Crippen molar-refractivity contribution in [3.8, 4) is 0 Å². The number of hydrogen-bond acceptors (Lipinski definition) is 3. The average molecular weight is 205 g/mol. The molecule has 14 heavy (non-hydrogen) atoms. The number of fused-ring (bicyclic) bond motifs is 1. The number of halogens is 1. The van der Waals surface area contributed by atoms with E-state index in [1.54, 1.807) is 24.4 Å². The van der Waals surface area contributed by atoms with Gasteiger partial charge in [0, 0.05) is 11.6 Å². The third-order valence-corrected chi connectivity index (χ3v) is 2.05. The molecule has 4 heteroatoms. The zero-order valence-corrected chi connectivity index (χ0v) is 7.82. The fraction of sp³-hybridized carbons (Fsp3) is 0. The fourth-order valence-electron chi connectivity index (χ4n) is 1.22. The Bertz CT molecular complexity index is 533. The van der Waals surface area contributed by atoms with Gasteiger partial charge in [-0.1, -0.05) is 17.7 Å². The molecule has 0 amide bonds. The van der Waals surface area contributed by atoms with Gasteiger partial charge in [0.2, 0.25) is 6.08 Å². The summed E-state index contributed by atoms with van der Waals surface area (Å²) in [6.45, 7) is 0. The first-order valence-electron chi connectivity index (χ1n) is 3.93. The molecule has 1 aromatic carbocycles. The third-order valence-electron chi connectivity index (χ3n) is 1.85. The number of benzene rings is 1. The van der Waals surface area contributed by atoms with E-state index in [1.807, 2.05) is 6.07 Å². The van der Waals surface area contributed by atoms with Crippen LogP contribution in [-0.2, 0) is 4.79 Å². The lowest BCUT2D eigenvalue weighted by Gasteiger charge is -1.97. The van der Waals surface area contributed by atoms with Crippen molar-refractivity contribution in [2.45, 2.75) is 0 Å². The highest BCUT2D eigenvalue weighted by Gasteiger charge is 1.97. The maximum Gasteiger partial charge on any atom is 0.240 e. The highest BCUT2D eigenvalue weighted by Crippen LogP contribution is 2.22. The van der Waals surface area contributed by atoms with Crippen LogP contribution in [0.3, 0.4) is 0 Å². The number of hydrogen-bond donors (Lipinski definition) is 0. The normalized spacial score (nSPS) is 9.79. The predicted octanol–water partition coefficient (Wildman–Crippen LogP) is 2.86. The lowest BCUT2D eigenvalue weighted by Crippen LogP contribution is -1.76. The van der Waals surface area contributed by atoms with Crippen molar-refractivity contribution >= 4 is 34.1 Å². The first-order chi connectivity index (χ1) is 6.79. The lowest BCUT2D eigenvalue weighted by atomic mass is 10.1. The number of pyridine rings is 1. The van der Waals surface area contributed by atoms with Crippen molar-refractivity contribution in [1.82, 2.24) is 4.98 Å². The molecule has 0 saturated heterocycles. The van der Waals surface area contributed by atoms with E-state index in [4.69, 9.17) is 11.6 Å². The topological polar surface area (TPSA) is 42.3 Å². The second-order valence-electron chi connectivity index (χ2n) is 2.74. The first-order valence-corrected chi connectivity index (χ1v) is 4.30. The minimum absolute atomic E-state index is 0.421. The summed E-state index contributed by atoms with van der Waals surface area (Å²) in [7, 11) is 0. The summed E-state index contributed by atoms with van der Waals surface area (Å²) < 4.78 is 0. The van der Waals surface area contributed by atoms with Crippen LogP contribution in [0.4, 0.5) is 5.69 Å². The van der Waals surface area contributed by atoms with Gasteiger partial charge in [0.1, 0.15) is 5.15 Å². The van der Waals surface area contributed by atoms with Crippen LogP contribution in [0.2, 0.25) is 5.15 Å². The van der Waals surface area contributed by atoms with Gasteiger partial charge in [-0.15, -0.1) is 0 Å². The van der Waals surface area contributed by atoms with Crippen LogP contribution >= 0.6 is 11.6 Å². The van der Waals surface area contributed by atoms with Crippen molar-refractivity contribution in [2.75, 3.05) is 0 Å². The monoisotopic (exact) mass is 204 g/mol. The zero-order valence-electron chi connectivity index (χ0n) is 7.07. The van der Waals surface area contributed by atoms with Gasteiger partial charge in [-0.3, -0.25) is 0 Å². The van der Waals surface area contributed by atoms with E-state index in [0.29, 0.717) is 10.8 Å². The van der Waals surface area contributed by atoms with Gasteiger partial charge in [-0.2, -0.15) is 4.99 Å². The summed E-state index contributed by atoms with van der Waals surface area (Å²) in [6, 6.07) is 7.03. The quantitative estimate of drug-likeness (QED) is 0.407. The first kappa shape index (κ1) is 8.88. The van der Waals surface area contributed by atoms with E-state index >= 15 is 0 Å². The van der Waals surface area contributed by atoms with Crippen LogP contribution in [0.15, 0.2) is 35.5 Å². The van der Waals surface area contributed by atoms with E-state index in [2.05, 4.69) is 9.98 Å². The summed E-state index contributed by atoms with van der Waals surface area (Å²) in [5, 5.41) is 2.28. The highest BCUT2D eigenvalue weighted by molar-refractivity contribution is 6.30. The third kappa shape index (κ3) is 1.64. The Morgan fingerprint density at radius 2 is 2.14 bits per heavy atom. The molecule has 0 atom stereocenters. The summed E-state index contributed by atoms with van der Waals surface area (Å²) >= 11 is 5.73. The zero-order chi connectivity index (χ0) is 9.97. The molecular formula is C10H5ClN2O. The molecule has 3 nitrogen and oxygen atoms in total. The standard InChI is InChI=1S/C10H5ClN2O/c11-10-4-8-3-9(13-6-14)2-1-7(8)5-12-10/h1-5H. The molecule has 2 aromatic rings. The van der Waals surface area contributed by atoms with Crippen LogP contribution in [0.5, 0.6) is 0 Å². The van der Waals surface area contributed by atoms with Crippen LogP contribution < -0.4 is 0 Å². The maximum absolute atomic E-state index is 10.0. The molecular weight excluding hydrogens is 200 g/mol. The Morgan fingerprint density at radius 3 is 2.93 bits per heavy atom. The Morgan fingerprint density at radius 1 is 1.29 bits per heavy atom. The summed E-state index contributed by atoms with van der Waals surface area (Å²) in [5.41, 5.74) is 0.565. The van der Waals surface area contributed by atoms with Gasteiger partial charge in [-0.25, -0.2) is 9.78 Å². The molecule has 0 aliphatic carbocycles. The largest absolute Gasteiger partial charge is 0.244 e. The van der Waals surface area contributed by atoms with Crippen molar-refractivity contribution in [2.24, 2.45) is 4.99 Å². The molecule has 0 spiro atoms. The van der Waals surface area contributed by atoms with Crippen molar-refractivity contribution in [3.63, 3.8) is 0 Å². The van der Waals surface area contributed by atoms with Crippen molar-refractivity contribution < 1.29 is 4.79 Å². The minimum Gasteiger partial charge on any atom is -0.244 e. The fourth-order valence-corrected chi connectivity index (χ4v) is 1.39. The van der Waals surface area contributed by atoms with Gasteiger partial charge in [-0.05, 0) is 23.6 Å². The molecule has 0 fully saturated rings. The second kappa shape index (κ2) is 3.58. The van der Waals surface area contributed by atoms with Crippen LogP contribution in [-0.4, -0.2) is 11.1 Å². The van der Waals surface area contributed by atoms with E-state index in [1.165, 1.54) is 6.08 Å². The molecule has 0 saturated carbocycles. The molecule has 0 N–H and O–H groups in total. The molecule has 1 heterocycles. The van der Waals surface area contributed by atoms with Crippen molar-refractivity contribution in [3.05, 3.63) is 35.6 Å². The number of carbonyl (C=O) groups excluding carboxylic acids is 1. The van der Waals surface area contributed by atoms with Crippen LogP contribution in [0, 0.1) is 0 Å². The van der Waals surface area contributed by atoms with Gasteiger partial charge in [0.05, 0.1) is 5.69 Å². The SMILES string of the molecule is O=C=Nc1ccc2cnc(Cl)cc2c1. The summed E-state index contributed by atoms with van der Waals surface area (Å²) in [4.78, 5) is 17.5. The molecule has 0 bridgehead atoms. The number of nitrogens with zero attached hydrogens (tertiary/aromatic N) is 2. The molecule has 1 aromatic heterocycles. The minimum atomic E-state index is 0.421. The van der Waals surface area contributed by atoms with E-state index in [9.17, 15) is 4.79 Å². The Labute approximate surface area is 85.1 Å². The molecule has 2 rings (SSSR count). The van der Waals surface area contributed by atoms with Gasteiger partial charge in [0.15, 0.2) is 0 Å². The summed E-state index contributed by atoms with van der Waals surface area (Å²) in [6.07, 6.45) is 3.16.